The van der Waals surface area contributed by atoms with Gasteiger partial charge in [-0.1, -0.05) is 23.7 Å². The van der Waals surface area contributed by atoms with Gasteiger partial charge in [0.15, 0.2) is 0 Å². The van der Waals surface area contributed by atoms with E-state index in [-0.39, 0.29) is 12.7 Å². The molecule has 1 aromatic rings. The summed E-state index contributed by atoms with van der Waals surface area (Å²) < 4.78 is 5.29. The number of halogens is 1. The second-order valence-electron chi connectivity index (χ2n) is 4.51. The maximum Gasteiger partial charge on any atom is 0.410 e. The SMILES string of the molecule is [CH2]CN1CCN(C(=O)OCc2ccc(Cl)cc2)CC1. The average Bonchev–Trinajstić information content (AvgIpc) is 2.46. The highest BCUT2D eigenvalue weighted by Crippen LogP contribution is 2.11. The number of piperazine rings is 1. The number of hydrogen-bond donors (Lipinski definition) is 0. The molecule has 1 aliphatic heterocycles. The van der Waals surface area contributed by atoms with Gasteiger partial charge in [-0.15, -0.1) is 0 Å². The van der Waals surface area contributed by atoms with Gasteiger partial charge in [0.2, 0.25) is 0 Å². The number of rotatable bonds is 3. The van der Waals surface area contributed by atoms with Gasteiger partial charge in [-0.05, 0) is 31.2 Å². The molecule has 19 heavy (non-hydrogen) atoms. The van der Waals surface area contributed by atoms with Gasteiger partial charge < -0.3 is 9.64 Å². The number of hydrogen-bond acceptors (Lipinski definition) is 3. The standard InChI is InChI=1S/C14H18ClN2O2/c1-2-16-7-9-17(10-8-16)14(18)19-11-12-3-5-13(15)6-4-12/h3-6H,1-2,7-11H2. The predicted octanol–water partition coefficient (Wildman–Crippen LogP) is 2.43. The molecular formula is C14H18ClN2O2. The van der Waals surface area contributed by atoms with Crippen LogP contribution in [0.2, 0.25) is 5.02 Å². The van der Waals surface area contributed by atoms with Crippen LogP contribution >= 0.6 is 11.6 Å². The minimum atomic E-state index is -0.251. The second-order valence-corrected chi connectivity index (χ2v) is 4.95. The summed E-state index contributed by atoms with van der Waals surface area (Å²) in [6.45, 7) is 8.04. The fourth-order valence-corrected chi connectivity index (χ4v) is 2.10. The second kappa shape index (κ2) is 6.78. The zero-order valence-corrected chi connectivity index (χ0v) is 11.6. The molecule has 4 nitrogen and oxygen atoms in total. The van der Waals surface area contributed by atoms with Crippen molar-refractivity contribution >= 4 is 17.7 Å². The van der Waals surface area contributed by atoms with Crippen molar-refractivity contribution < 1.29 is 9.53 Å². The number of amides is 1. The zero-order chi connectivity index (χ0) is 13.7. The lowest BCUT2D eigenvalue weighted by Crippen LogP contribution is -2.48. The normalized spacial score (nSPS) is 16.4. The van der Waals surface area contributed by atoms with Crippen LogP contribution < -0.4 is 0 Å². The topological polar surface area (TPSA) is 32.8 Å². The van der Waals surface area contributed by atoms with Gasteiger partial charge in [-0.3, -0.25) is 4.90 Å². The number of ether oxygens (including phenoxy) is 1. The van der Waals surface area contributed by atoms with Crippen LogP contribution in [0.1, 0.15) is 5.56 Å². The lowest BCUT2D eigenvalue weighted by molar-refractivity contribution is 0.0740. The van der Waals surface area contributed by atoms with E-state index in [0.717, 1.165) is 25.2 Å². The molecule has 5 heteroatoms. The van der Waals surface area contributed by atoms with E-state index in [4.69, 9.17) is 16.3 Å². The molecule has 2 rings (SSSR count). The predicted molar refractivity (Wildman–Crippen MR) is 75.0 cm³/mol. The van der Waals surface area contributed by atoms with E-state index in [9.17, 15) is 4.79 Å². The van der Waals surface area contributed by atoms with Crippen LogP contribution in [0, 0.1) is 6.92 Å². The van der Waals surface area contributed by atoms with Crippen molar-refractivity contribution in [3.8, 4) is 0 Å². The third-order valence-corrected chi connectivity index (χ3v) is 3.47. The lowest BCUT2D eigenvalue weighted by atomic mass is 10.2. The highest BCUT2D eigenvalue weighted by atomic mass is 35.5. The Kier molecular flexibility index (Phi) is 5.05. The minimum absolute atomic E-state index is 0.251. The van der Waals surface area contributed by atoms with E-state index >= 15 is 0 Å². The van der Waals surface area contributed by atoms with Crippen LogP contribution in [0.3, 0.4) is 0 Å². The van der Waals surface area contributed by atoms with Crippen molar-refractivity contribution in [2.24, 2.45) is 0 Å². The molecule has 103 valence electrons. The van der Waals surface area contributed by atoms with Crippen molar-refractivity contribution in [2.75, 3.05) is 32.7 Å². The van der Waals surface area contributed by atoms with Gasteiger partial charge in [0, 0.05) is 31.2 Å². The number of nitrogens with zero attached hydrogens (tertiary/aromatic N) is 2. The first-order valence-electron chi connectivity index (χ1n) is 6.37. The number of carbonyl (C=O) groups is 1. The zero-order valence-electron chi connectivity index (χ0n) is 10.8. The van der Waals surface area contributed by atoms with Crippen LogP contribution in [0.25, 0.3) is 0 Å². The molecule has 0 unspecified atom stereocenters. The van der Waals surface area contributed by atoms with Crippen molar-refractivity contribution in [1.82, 2.24) is 9.80 Å². The fraction of sp³-hybridized carbons (Fsp3) is 0.429. The summed E-state index contributed by atoms with van der Waals surface area (Å²) in [7, 11) is 0. The molecule has 0 aliphatic carbocycles. The molecule has 1 saturated heterocycles. The van der Waals surface area contributed by atoms with Gasteiger partial charge in [0.05, 0.1) is 0 Å². The first-order valence-corrected chi connectivity index (χ1v) is 6.74. The Labute approximate surface area is 118 Å². The summed E-state index contributed by atoms with van der Waals surface area (Å²) in [6.07, 6.45) is -0.251. The lowest BCUT2D eigenvalue weighted by Gasteiger charge is -2.33. The third kappa shape index (κ3) is 4.11. The average molecular weight is 282 g/mol. The maximum absolute atomic E-state index is 11.9. The smallest absolute Gasteiger partial charge is 0.410 e. The Balaban J connectivity index is 1.77. The van der Waals surface area contributed by atoms with E-state index in [1.807, 2.05) is 12.1 Å². The van der Waals surface area contributed by atoms with E-state index in [2.05, 4.69) is 11.8 Å². The van der Waals surface area contributed by atoms with Gasteiger partial charge in [-0.25, -0.2) is 4.79 Å². The van der Waals surface area contributed by atoms with Crippen molar-refractivity contribution in [3.05, 3.63) is 41.8 Å². The van der Waals surface area contributed by atoms with Gasteiger partial charge in [0.1, 0.15) is 6.61 Å². The molecule has 1 aromatic carbocycles. The van der Waals surface area contributed by atoms with Crippen LogP contribution in [0.5, 0.6) is 0 Å². The molecule has 1 radical (unpaired) electrons. The van der Waals surface area contributed by atoms with Crippen LogP contribution in [-0.2, 0) is 11.3 Å². The Bertz CT molecular complexity index is 414. The summed E-state index contributed by atoms with van der Waals surface area (Å²) in [5.41, 5.74) is 0.939. The Hall–Kier alpha value is -1.26. The van der Waals surface area contributed by atoms with E-state index in [0.29, 0.717) is 18.1 Å². The molecule has 0 atom stereocenters. The molecule has 0 spiro atoms. The summed E-state index contributed by atoms with van der Waals surface area (Å²) in [5, 5.41) is 0.680. The van der Waals surface area contributed by atoms with Crippen LogP contribution in [-0.4, -0.2) is 48.6 Å². The van der Waals surface area contributed by atoms with E-state index < -0.39 is 0 Å². The first-order chi connectivity index (χ1) is 9.19. The summed E-state index contributed by atoms with van der Waals surface area (Å²) in [5.74, 6) is 0. The molecule has 0 bridgehead atoms. The molecule has 0 N–H and O–H groups in total. The van der Waals surface area contributed by atoms with E-state index in [1.54, 1.807) is 17.0 Å². The molecule has 0 saturated carbocycles. The molecule has 1 aliphatic rings. The quantitative estimate of drug-likeness (QED) is 0.853. The van der Waals surface area contributed by atoms with E-state index in [1.165, 1.54) is 0 Å². The minimum Gasteiger partial charge on any atom is -0.445 e. The van der Waals surface area contributed by atoms with Crippen LogP contribution in [0.4, 0.5) is 4.79 Å². The number of carbonyl (C=O) groups excluding carboxylic acids is 1. The van der Waals surface area contributed by atoms with Gasteiger partial charge in [-0.2, -0.15) is 0 Å². The summed E-state index contributed by atoms with van der Waals surface area (Å²) >= 11 is 5.80. The van der Waals surface area contributed by atoms with Gasteiger partial charge >= 0.3 is 6.09 Å². The van der Waals surface area contributed by atoms with Crippen molar-refractivity contribution in [3.63, 3.8) is 0 Å². The Morgan fingerprint density at radius 2 is 1.84 bits per heavy atom. The number of benzene rings is 1. The summed E-state index contributed by atoms with van der Waals surface area (Å²) in [6, 6.07) is 7.29. The molecule has 1 heterocycles. The van der Waals surface area contributed by atoms with Crippen molar-refractivity contribution in [1.29, 1.82) is 0 Å². The highest BCUT2D eigenvalue weighted by molar-refractivity contribution is 6.30. The first kappa shape index (κ1) is 14.2. The Morgan fingerprint density at radius 1 is 1.21 bits per heavy atom. The summed E-state index contributed by atoms with van der Waals surface area (Å²) in [4.78, 5) is 15.8. The monoisotopic (exact) mass is 281 g/mol. The van der Waals surface area contributed by atoms with Crippen molar-refractivity contribution in [2.45, 2.75) is 6.61 Å². The molecule has 1 amide bonds. The van der Waals surface area contributed by atoms with Crippen LogP contribution in [0.15, 0.2) is 24.3 Å². The molecule has 1 fully saturated rings. The molecule has 0 aromatic heterocycles. The molecular weight excluding hydrogens is 264 g/mol. The fourth-order valence-electron chi connectivity index (χ4n) is 1.97. The highest BCUT2D eigenvalue weighted by Gasteiger charge is 2.21. The maximum atomic E-state index is 11.9. The largest absolute Gasteiger partial charge is 0.445 e. The third-order valence-electron chi connectivity index (χ3n) is 3.22. The Morgan fingerprint density at radius 3 is 2.42 bits per heavy atom. The van der Waals surface area contributed by atoms with Gasteiger partial charge in [0.25, 0.3) is 0 Å².